The first-order valence-corrected chi connectivity index (χ1v) is 16.4. The summed E-state index contributed by atoms with van der Waals surface area (Å²) in [6.07, 6.45) is 3.14. The average Bonchev–Trinajstić information content (AvgIpc) is 3.34. The molecule has 0 spiro atoms. The number of halogens is 2. The maximum Gasteiger partial charge on any atom is 0.254 e. The van der Waals surface area contributed by atoms with Gasteiger partial charge in [0, 0.05) is 40.6 Å². The topological polar surface area (TPSA) is 92.4 Å². The lowest BCUT2D eigenvalue weighted by Crippen LogP contribution is -2.33. The molecular formula is C35H31F2N3O4S. The van der Waals surface area contributed by atoms with E-state index < -0.39 is 20.5 Å². The second-order valence-corrected chi connectivity index (χ2v) is 13.0. The van der Waals surface area contributed by atoms with Crippen LogP contribution in [0.15, 0.2) is 84.3 Å². The van der Waals surface area contributed by atoms with Gasteiger partial charge in [-0.3, -0.25) is 4.79 Å². The number of imidazole rings is 1. The molecule has 0 bridgehead atoms. The number of allylic oxidation sites excluding steroid dienone is 1. The second kappa shape index (κ2) is 11.9. The first-order chi connectivity index (χ1) is 21.6. The quantitative estimate of drug-likeness (QED) is 0.198. The summed E-state index contributed by atoms with van der Waals surface area (Å²) in [4.78, 5) is 22.8. The Morgan fingerprint density at radius 1 is 1.02 bits per heavy atom. The van der Waals surface area contributed by atoms with E-state index in [1.54, 1.807) is 24.0 Å². The van der Waals surface area contributed by atoms with Crippen LogP contribution in [0, 0.1) is 11.6 Å². The van der Waals surface area contributed by atoms with Gasteiger partial charge in [-0.25, -0.2) is 22.2 Å². The van der Waals surface area contributed by atoms with Gasteiger partial charge in [-0.2, -0.15) is 0 Å². The molecule has 0 radical (unpaired) electrons. The number of hydrogen-bond donors (Lipinski definition) is 1. The highest BCUT2D eigenvalue weighted by atomic mass is 32.2. The predicted octanol–water partition coefficient (Wildman–Crippen LogP) is 6.90. The van der Waals surface area contributed by atoms with Crippen LogP contribution < -0.4 is 4.74 Å². The van der Waals surface area contributed by atoms with E-state index in [4.69, 9.17) is 4.74 Å². The number of rotatable bonds is 7. The standard InChI is InChI=1S/C35H31F2N3O4S/c1-4-6-27-28(36)13-14-29-33(27)39-34(38-29)22-9-7-21(8-10-22)23-11-15-30-24(19-23)20-40(17-18-44-30)35(41)26-12-16-31(45(3,42)43)32(37)25(26)5-2/h4,7-16,19H,1,5-6,17-18,20H2,2-3H3,(H,38,39). The summed E-state index contributed by atoms with van der Waals surface area (Å²) in [7, 11) is -3.78. The van der Waals surface area contributed by atoms with Crippen LogP contribution in [0.2, 0.25) is 0 Å². The Kier molecular flexibility index (Phi) is 8.01. The highest BCUT2D eigenvalue weighted by molar-refractivity contribution is 7.90. The number of hydrogen-bond acceptors (Lipinski definition) is 5. The second-order valence-electron chi connectivity index (χ2n) is 11.0. The van der Waals surface area contributed by atoms with Crippen molar-refractivity contribution in [2.75, 3.05) is 19.4 Å². The largest absolute Gasteiger partial charge is 0.491 e. The number of aromatic nitrogens is 2. The number of carbonyl (C=O) groups is 1. The van der Waals surface area contributed by atoms with E-state index >= 15 is 4.39 Å². The summed E-state index contributed by atoms with van der Waals surface area (Å²) in [5.41, 5.74) is 5.54. The Morgan fingerprint density at radius 3 is 2.47 bits per heavy atom. The minimum Gasteiger partial charge on any atom is -0.491 e. The summed E-state index contributed by atoms with van der Waals surface area (Å²) in [5, 5.41) is 0. The number of H-pyrrole nitrogens is 1. The van der Waals surface area contributed by atoms with Gasteiger partial charge in [0.2, 0.25) is 0 Å². The number of fused-ring (bicyclic) bond motifs is 2. The van der Waals surface area contributed by atoms with E-state index in [9.17, 15) is 17.6 Å². The molecule has 0 fully saturated rings. The van der Waals surface area contributed by atoms with Crippen molar-refractivity contribution in [1.82, 2.24) is 14.9 Å². The van der Waals surface area contributed by atoms with E-state index in [0.717, 1.165) is 40.1 Å². The lowest BCUT2D eigenvalue weighted by Gasteiger charge is -2.22. The minimum absolute atomic E-state index is 0.0775. The molecule has 1 aliphatic rings. The maximum atomic E-state index is 15.2. The van der Waals surface area contributed by atoms with E-state index in [0.29, 0.717) is 29.1 Å². The van der Waals surface area contributed by atoms with E-state index in [1.807, 2.05) is 42.5 Å². The van der Waals surface area contributed by atoms with Crippen LogP contribution in [-0.2, 0) is 29.2 Å². The van der Waals surface area contributed by atoms with Crippen molar-refractivity contribution >= 4 is 26.8 Å². The average molecular weight is 628 g/mol. The van der Waals surface area contributed by atoms with Crippen LogP contribution in [-0.4, -0.2) is 48.6 Å². The van der Waals surface area contributed by atoms with Crippen molar-refractivity contribution in [2.24, 2.45) is 0 Å². The van der Waals surface area contributed by atoms with Crippen LogP contribution in [0.5, 0.6) is 5.75 Å². The number of amides is 1. The van der Waals surface area contributed by atoms with Gasteiger partial charge >= 0.3 is 0 Å². The van der Waals surface area contributed by atoms with E-state index in [2.05, 4.69) is 16.5 Å². The first-order valence-electron chi connectivity index (χ1n) is 14.5. The lowest BCUT2D eigenvalue weighted by atomic mass is 10.00. The lowest BCUT2D eigenvalue weighted by molar-refractivity contribution is 0.0731. The summed E-state index contributed by atoms with van der Waals surface area (Å²) in [5.74, 6) is -0.297. The Balaban J connectivity index is 1.27. The molecule has 45 heavy (non-hydrogen) atoms. The molecule has 7 nitrogen and oxygen atoms in total. The third-order valence-electron chi connectivity index (χ3n) is 8.06. The fraction of sp³-hybridized carbons (Fsp3) is 0.200. The molecule has 1 amide bonds. The number of ether oxygens (including phenoxy) is 1. The minimum atomic E-state index is -3.78. The summed E-state index contributed by atoms with van der Waals surface area (Å²) < 4.78 is 59.6. The molecular weight excluding hydrogens is 596 g/mol. The number of nitrogens with zero attached hydrogens (tertiary/aromatic N) is 2. The van der Waals surface area contributed by atoms with E-state index in [-0.39, 0.29) is 49.0 Å². The normalized spacial score (nSPS) is 13.3. The van der Waals surface area contributed by atoms with Gasteiger partial charge in [0.1, 0.15) is 34.7 Å². The smallest absolute Gasteiger partial charge is 0.254 e. The molecule has 2 heterocycles. The summed E-state index contributed by atoms with van der Waals surface area (Å²) >= 11 is 0. The summed E-state index contributed by atoms with van der Waals surface area (Å²) in [6.45, 7) is 6.19. The van der Waals surface area contributed by atoms with Crippen LogP contribution in [0.4, 0.5) is 8.78 Å². The molecule has 230 valence electrons. The molecule has 1 aliphatic heterocycles. The molecule has 4 aromatic carbocycles. The Hall–Kier alpha value is -4.83. The number of benzene rings is 4. The molecule has 10 heteroatoms. The zero-order chi connectivity index (χ0) is 31.9. The highest BCUT2D eigenvalue weighted by Crippen LogP contribution is 2.32. The monoisotopic (exact) mass is 627 g/mol. The molecule has 5 aromatic rings. The van der Waals surface area contributed by atoms with Gasteiger partial charge in [-0.1, -0.05) is 43.3 Å². The molecule has 0 saturated heterocycles. The van der Waals surface area contributed by atoms with Gasteiger partial charge in [-0.05, 0) is 60.4 Å². The molecule has 6 rings (SSSR count). The zero-order valence-electron chi connectivity index (χ0n) is 24.9. The van der Waals surface area contributed by atoms with Crippen molar-refractivity contribution in [3.63, 3.8) is 0 Å². The third kappa shape index (κ3) is 5.73. The third-order valence-corrected chi connectivity index (χ3v) is 9.18. The molecule has 1 aromatic heterocycles. The fourth-order valence-corrected chi connectivity index (χ4v) is 6.52. The van der Waals surface area contributed by atoms with Crippen LogP contribution in [0.25, 0.3) is 33.5 Å². The van der Waals surface area contributed by atoms with Crippen molar-refractivity contribution in [3.05, 3.63) is 113 Å². The van der Waals surface area contributed by atoms with E-state index in [1.165, 1.54) is 12.1 Å². The van der Waals surface area contributed by atoms with Gasteiger partial charge < -0.3 is 14.6 Å². The molecule has 0 atom stereocenters. The highest BCUT2D eigenvalue weighted by Gasteiger charge is 2.27. The molecule has 0 unspecified atom stereocenters. The van der Waals surface area contributed by atoms with Crippen LogP contribution in [0.1, 0.15) is 34.0 Å². The molecule has 0 aliphatic carbocycles. The molecule has 1 N–H and O–H groups in total. The van der Waals surface area contributed by atoms with Gasteiger partial charge in [0.05, 0.1) is 17.6 Å². The first kappa shape index (κ1) is 30.2. The zero-order valence-corrected chi connectivity index (χ0v) is 25.7. The van der Waals surface area contributed by atoms with Gasteiger partial charge in [0.15, 0.2) is 9.84 Å². The van der Waals surface area contributed by atoms with Crippen LogP contribution >= 0.6 is 0 Å². The van der Waals surface area contributed by atoms with Crippen molar-refractivity contribution in [2.45, 2.75) is 31.2 Å². The number of nitrogens with one attached hydrogen (secondary N) is 1. The Morgan fingerprint density at radius 2 is 1.76 bits per heavy atom. The SMILES string of the molecule is C=CCc1c(F)ccc2[nH]c(-c3ccc(-c4ccc5c(c4)CN(C(=O)c4ccc(S(C)(=O)=O)c(F)c4CC)CCO5)cc3)nc12. The fourth-order valence-electron chi connectivity index (χ4n) is 5.75. The Bertz CT molecular complexity index is 2070. The van der Waals surface area contributed by atoms with Gasteiger partial charge in [0.25, 0.3) is 5.91 Å². The van der Waals surface area contributed by atoms with Gasteiger partial charge in [-0.15, -0.1) is 6.58 Å². The maximum absolute atomic E-state index is 15.2. The van der Waals surface area contributed by atoms with Crippen molar-refractivity contribution in [1.29, 1.82) is 0 Å². The summed E-state index contributed by atoms with van der Waals surface area (Å²) in [6, 6.07) is 19.3. The molecule has 0 saturated carbocycles. The number of sulfone groups is 1. The van der Waals surface area contributed by atoms with Crippen molar-refractivity contribution in [3.8, 4) is 28.3 Å². The number of aromatic amines is 1. The van der Waals surface area contributed by atoms with Crippen molar-refractivity contribution < 1.29 is 26.7 Å². The Labute approximate surface area is 260 Å². The predicted molar refractivity (Wildman–Crippen MR) is 170 cm³/mol. The van der Waals surface area contributed by atoms with Crippen LogP contribution in [0.3, 0.4) is 0 Å². The number of carbonyl (C=O) groups excluding carboxylic acids is 1.